The van der Waals surface area contributed by atoms with Crippen molar-refractivity contribution in [3.05, 3.63) is 77.1 Å². The van der Waals surface area contributed by atoms with E-state index in [0.717, 1.165) is 6.07 Å². The standard InChI is InChI=1S/C25H22F3N5O3/c1-13(16-6-4-5-7-19(16)25(26,27)28)31-22(34)18-10-15(12-30-24(18)36-3)14-8-9-17-20(11-14)32-33-21(17)23(35)29-2/h4-13H,1-3H3,(H,29,35)(H,31,34)(H,32,33)/t13-/m1/s1/i2D,3D. The lowest BCUT2D eigenvalue weighted by molar-refractivity contribution is -0.138. The fraction of sp³-hybridized carbons (Fsp3) is 0.200. The summed E-state index contributed by atoms with van der Waals surface area (Å²) < 4.78 is 60.1. The summed E-state index contributed by atoms with van der Waals surface area (Å²) >= 11 is 0. The molecule has 0 fully saturated rings. The van der Waals surface area contributed by atoms with Crippen molar-refractivity contribution in [2.45, 2.75) is 19.1 Å². The number of carbonyl (C=O) groups is 2. The highest BCUT2D eigenvalue weighted by Crippen LogP contribution is 2.35. The van der Waals surface area contributed by atoms with Gasteiger partial charge in [-0.15, -0.1) is 0 Å². The Bertz CT molecular complexity index is 1490. The third kappa shape index (κ3) is 4.72. The molecule has 0 unspecified atom stereocenters. The molecule has 2 amide bonds. The van der Waals surface area contributed by atoms with Crippen LogP contribution in [0.2, 0.25) is 0 Å². The predicted octanol–water partition coefficient (Wildman–Crippen LogP) is 4.50. The molecule has 0 bridgehead atoms. The maximum absolute atomic E-state index is 13.5. The van der Waals surface area contributed by atoms with Gasteiger partial charge in [0.15, 0.2) is 5.69 Å². The molecule has 0 aliphatic heterocycles. The average Bonchev–Trinajstić information content (AvgIpc) is 3.32. The van der Waals surface area contributed by atoms with Crippen LogP contribution in [0, 0.1) is 0 Å². The summed E-state index contributed by atoms with van der Waals surface area (Å²) in [5.74, 6) is -1.38. The zero-order chi connectivity index (χ0) is 27.4. The Kier molecular flexibility index (Phi) is 5.94. The van der Waals surface area contributed by atoms with E-state index in [1.165, 1.54) is 37.4 Å². The normalized spacial score (nSPS) is 13.0. The summed E-state index contributed by atoms with van der Waals surface area (Å²) in [6.45, 7) is 1.44. The highest BCUT2D eigenvalue weighted by Gasteiger charge is 2.34. The second-order valence-corrected chi connectivity index (χ2v) is 7.84. The van der Waals surface area contributed by atoms with Crippen molar-refractivity contribution in [2.24, 2.45) is 0 Å². The van der Waals surface area contributed by atoms with Gasteiger partial charge in [0.2, 0.25) is 5.88 Å². The molecular formula is C25H22F3N5O3. The lowest BCUT2D eigenvalue weighted by Gasteiger charge is -2.20. The van der Waals surface area contributed by atoms with Crippen LogP contribution >= 0.6 is 0 Å². The van der Waals surface area contributed by atoms with Crippen LogP contribution in [0.3, 0.4) is 0 Å². The minimum absolute atomic E-state index is 0.0636. The summed E-state index contributed by atoms with van der Waals surface area (Å²) in [5.41, 5.74) is 0.706. The van der Waals surface area contributed by atoms with Crippen LogP contribution in [0.15, 0.2) is 54.7 Å². The van der Waals surface area contributed by atoms with E-state index in [1.54, 1.807) is 18.2 Å². The van der Waals surface area contributed by atoms with E-state index in [2.05, 4.69) is 25.8 Å². The minimum atomic E-state index is -4.59. The molecule has 0 saturated heterocycles. The van der Waals surface area contributed by atoms with Gasteiger partial charge in [0.25, 0.3) is 11.8 Å². The number of ether oxygens (including phenoxy) is 1. The molecule has 2 aromatic carbocycles. The molecule has 0 aliphatic rings. The topological polar surface area (TPSA) is 109 Å². The quantitative estimate of drug-likeness (QED) is 0.362. The molecule has 8 nitrogen and oxygen atoms in total. The monoisotopic (exact) mass is 499 g/mol. The molecule has 4 rings (SSSR count). The number of pyridine rings is 1. The van der Waals surface area contributed by atoms with Crippen LogP contribution in [0.4, 0.5) is 13.2 Å². The molecule has 3 N–H and O–H groups in total. The number of hydrogen-bond acceptors (Lipinski definition) is 5. The third-order valence-electron chi connectivity index (χ3n) is 5.58. The van der Waals surface area contributed by atoms with Gasteiger partial charge in [-0.1, -0.05) is 24.3 Å². The molecule has 36 heavy (non-hydrogen) atoms. The van der Waals surface area contributed by atoms with Gasteiger partial charge in [-0.25, -0.2) is 4.98 Å². The first-order valence-corrected chi connectivity index (χ1v) is 10.6. The summed E-state index contributed by atoms with van der Waals surface area (Å²) in [6.07, 6.45) is -3.17. The SMILES string of the molecule is [2H]CNC(=O)c1n[nH]c2cc(-c3cnc(OC[2H])c(C(=O)N[C@H](C)c4ccccc4C(F)(F)F)c3)ccc12. The van der Waals surface area contributed by atoms with Crippen LogP contribution in [0.25, 0.3) is 22.0 Å². The predicted molar refractivity (Wildman–Crippen MR) is 127 cm³/mol. The summed E-state index contributed by atoms with van der Waals surface area (Å²) in [5, 5.41) is 12.2. The van der Waals surface area contributed by atoms with E-state index < -0.39 is 36.7 Å². The smallest absolute Gasteiger partial charge is 0.416 e. The van der Waals surface area contributed by atoms with E-state index in [-0.39, 0.29) is 29.7 Å². The number of halogens is 3. The number of hydrogen-bond donors (Lipinski definition) is 3. The van der Waals surface area contributed by atoms with Crippen molar-refractivity contribution < 1.29 is 30.2 Å². The molecule has 1 atom stereocenters. The Labute approximate surface area is 206 Å². The number of H-pyrrole nitrogens is 1. The Morgan fingerprint density at radius 1 is 1.11 bits per heavy atom. The van der Waals surface area contributed by atoms with Gasteiger partial charge in [-0.2, -0.15) is 18.3 Å². The summed E-state index contributed by atoms with van der Waals surface area (Å²) in [6, 6.07) is 10.4. The zero-order valence-electron chi connectivity index (χ0n) is 20.9. The largest absolute Gasteiger partial charge is 0.480 e. The van der Waals surface area contributed by atoms with Gasteiger partial charge in [0.1, 0.15) is 5.56 Å². The van der Waals surface area contributed by atoms with Crippen molar-refractivity contribution in [2.75, 3.05) is 14.1 Å². The fourth-order valence-electron chi connectivity index (χ4n) is 3.83. The molecule has 2 aromatic heterocycles. The lowest BCUT2D eigenvalue weighted by atomic mass is 10.00. The zero-order valence-corrected chi connectivity index (χ0v) is 18.9. The third-order valence-corrected chi connectivity index (χ3v) is 5.58. The van der Waals surface area contributed by atoms with Crippen LogP contribution in [-0.4, -0.2) is 41.1 Å². The van der Waals surface area contributed by atoms with Gasteiger partial charge in [-0.05, 0) is 42.3 Å². The first kappa shape index (κ1) is 22.1. The summed E-state index contributed by atoms with van der Waals surface area (Å²) in [7, 11) is -0.822. The van der Waals surface area contributed by atoms with E-state index in [4.69, 9.17) is 7.48 Å². The Balaban J connectivity index is 1.66. The van der Waals surface area contributed by atoms with Crippen molar-refractivity contribution in [1.29, 1.82) is 0 Å². The van der Waals surface area contributed by atoms with E-state index in [0.29, 0.717) is 22.0 Å². The Morgan fingerprint density at radius 2 is 1.92 bits per heavy atom. The summed E-state index contributed by atoms with van der Waals surface area (Å²) in [4.78, 5) is 29.4. The molecule has 186 valence electrons. The van der Waals surface area contributed by atoms with E-state index in [1.807, 2.05) is 0 Å². The molecule has 0 radical (unpaired) electrons. The van der Waals surface area contributed by atoms with Crippen LogP contribution < -0.4 is 15.4 Å². The number of benzene rings is 2. The van der Waals surface area contributed by atoms with Crippen molar-refractivity contribution in [1.82, 2.24) is 25.8 Å². The van der Waals surface area contributed by atoms with Gasteiger partial charge in [0, 0.05) is 25.5 Å². The number of nitrogens with zero attached hydrogens (tertiary/aromatic N) is 2. The molecule has 0 spiro atoms. The maximum atomic E-state index is 13.5. The van der Waals surface area contributed by atoms with E-state index >= 15 is 0 Å². The highest BCUT2D eigenvalue weighted by atomic mass is 19.4. The molecule has 0 aliphatic carbocycles. The molecule has 0 saturated carbocycles. The lowest BCUT2D eigenvalue weighted by Crippen LogP contribution is -2.29. The maximum Gasteiger partial charge on any atom is 0.416 e. The number of aromatic amines is 1. The van der Waals surface area contributed by atoms with Gasteiger partial charge < -0.3 is 15.4 Å². The highest BCUT2D eigenvalue weighted by molar-refractivity contribution is 6.05. The average molecular weight is 499 g/mol. The van der Waals surface area contributed by atoms with Crippen molar-refractivity contribution in [3.63, 3.8) is 0 Å². The number of alkyl halides is 3. The fourth-order valence-corrected chi connectivity index (χ4v) is 3.83. The minimum Gasteiger partial charge on any atom is -0.480 e. The Hall–Kier alpha value is -4.41. The molecule has 11 heteroatoms. The number of nitrogens with one attached hydrogen (secondary N) is 3. The first-order valence-electron chi connectivity index (χ1n) is 12.0. The van der Waals surface area contributed by atoms with E-state index in [9.17, 15) is 22.8 Å². The van der Waals surface area contributed by atoms with Gasteiger partial charge in [0.05, 0.1) is 25.6 Å². The van der Waals surface area contributed by atoms with Gasteiger partial charge >= 0.3 is 6.18 Å². The Morgan fingerprint density at radius 3 is 2.67 bits per heavy atom. The van der Waals surface area contributed by atoms with Gasteiger partial charge in [-0.3, -0.25) is 14.7 Å². The second kappa shape index (κ2) is 9.68. The molecule has 2 heterocycles. The van der Waals surface area contributed by atoms with Crippen LogP contribution in [0.5, 0.6) is 5.88 Å². The number of carbonyl (C=O) groups excluding carboxylic acids is 2. The first-order chi connectivity index (χ1) is 18.1. The number of amides is 2. The number of methoxy groups -OCH3 is 1. The molecular weight excluding hydrogens is 475 g/mol. The van der Waals surface area contributed by atoms with Crippen LogP contribution in [-0.2, 0) is 6.18 Å². The number of rotatable bonds is 6. The van der Waals surface area contributed by atoms with Crippen LogP contribution in [0.1, 0.15) is 47.7 Å². The van der Waals surface area contributed by atoms with Crippen molar-refractivity contribution >= 4 is 22.7 Å². The second-order valence-electron chi connectivity index (χ2n) is 7.84. The number of aromatic nitrogens is 3. The van der Waals surface area contributed by atoms with Crippen molar-refractivity contribution in [3.8, 4) is 17.0 Å². The number of fused-ring (bicyclic) bond motifs is 1. The molecule has 4 aromatic rings.